The standard InChI is InChI=1S/C16H11FN2O6/c1-24-11-4-9(8-18)5-12(7-11)25-16-13(19(22)23)3-2-10(15(16)17)6-14(20)21/h2-5,7H,6H2,1H3,(H,20,21). The second-order valence-electron chi connectivity index (χ2n) is 4.83. The van der Waals surface area contributed by atoms with Gasteiger partial charge in [0.25, 0.3) is 0 Å². The van der Waals surface area contributed by atoms with Crippen molar-refractivity contribution in [1.29, 1.82) is 5.26 Å². The maximum atomic E-state index is 14.5. The number of carbonyl (C=O) groups is 1. The molecule has 0 fully saturated rings. The first kappa shape index (κ1) is 17.7. The largest absolute Gasteiger partial charge is 0.497 e. The summed E-state index contributed by atoms with van der Waals surface area (Å²) in [7, 11) is 1.34. The van der Waals surface area contributed by atoms with Gasteiger partial charge in [-0.2, -0.15) is 5.26 Å². The summed E-state index contributed by atoms with van der Waals surface area (Å²) in [6.45, 7) is 0. The first-order valence-corrected chi connectivity index (χ1v) is 6.80. The molecule has 2 aromatic carbocycles. The predicted molar refractivity (Wildman–Crippen MR) is 82.2 cm³/mol. The van der Waals surface area contributed by atoms with E-state index in [-0.39, 0.29) is 22.6 Å². The highest BCUT2D eigenvalue weighted by molar-refractivity contribution is 5.71. The molecule has 8 nitrogen and oxygen atoms in total. The minimum Gasteiger partial charge on any atom is -0.497 e. The van der Waals surface area contributed by atoms with E-state index in [1.807, 2.05) is 6.07 Å². The van der Waals surface area contributed by atoms with Gasteiger partial charge in [0.05, 0.1) is 30.1 Å². The number of rotatable bonds is 6. The number of carboxylic acids is 1. The van der Waals surface area contributed by atoms with Crippen molar-refractivity contribution in [2.75, 3.05) is 7.11 Å². The Kier molecular flexibility index (Phi) is 5.14. The van der Waals surface area contributed by atoms with Crippen LogP contribution in [0.4, 0.5) is 10.1 Å². The number of aliphatic carboxylic acids is 1. The SMILES string of the molecule is COc1cc(C#N)cc(Oc2c([N+](=O)[O-])ccc(CC(=O)O)c2F)c1. The Morgan fingerprint density at radius 2 is 2.04 bits per heavy atom. The summed E-state index contributed by atoms with van der Waals surface area (Å²) >= 11 is 0. The van der Waals surface area contributed by atoms with Gasteiger partial charge in [-0.05, 0) is 18.2 Å². The lowest BCUT2D eigenvalue weighted by molar-refractivity contribution is -0.385. The number of nitro groups is 1. The molecule has 0 unspecified atom stereocenters. The van der Waals surface area contributed by atoms with E-state index in [0.29, 0.717) is 0 Å². The Balaban J connectivity index is 2.55. The number of nitrogens with zero attached hydrogens (tertiary/aromatic N) is 2. The van der Waals surface area contributed by atoms with Crippen LogP contribution in [0.1, 0.15) is 11.1 Å². The van der Waals surface area contributed by atoms with Crippen molar-refractivity contribution < 1.29 is 28.7 Å². The highest BCUT2D eigenvalue weighted by Crippen LogP contribution is 2.37. The number of nitriles is 1. The Labute approximate surface area is 140 Å². The lowest BCUT2D eigenvalue weighted by atomic mass is 10.1. The number of methoxy groups -OCH3 is 1. The molecule has 2 aromatic rings. The van der Waals surface area contributed by atoms with Crippen molar-refractivity contribution in [2.24, 2.45) is 0 Å². The van der Waals surface area contributed by atoms with Crippen LogP contribution < -0.4 is 9.47 Å². The summed E-state index contributed by atoms with van der Waals surface area (Å²) in [5.74, 6) is -3.02. The minimum atomic E-state index is -1.30. The molecule has 9 heteroatoms. The second kappa shape index (κ2) is 7.27. The molecule has 0 amide bonds. The summed E-state index contributed by atoms with van der Waals surface area (Å²) in [6.07, 6.45) is -0.665. The summed E-state index contributed by atoms with van der Waals surface area (Å²) in [5.41, 5.74) is -0.802. The first-order valence-electron chi connectivity index (χ1n) is 6.80. The van der Waals surface area contributed by atoms with Gasteiger partial charge in [-0.25, -0.2) is 4.39 Å². The zero-order chi connectivity index (χ0) is 18.6. The number of nitro benzene ring substituents is 1. The summed E-state index contributed by atoms with van der Waals surface area (Å²) in [5, 5.41) is 28.9. The van der Waals surface area contributed by atoms with Crippen LogP contribution >= 0.6 is 0 Å². The van der Waals surface area contributed by atoms with Crippen LogP contribution in [0.25, 0.3) is 0 Å². The molecule has 0 spiro atoms. The average molecular weight is 346 g/mol. The third-order valence-corrected chi connectivity index (χ3v) is 3.16. The van der Waals surface area contributed by atoms with Crippen LogP contribution in [0.3, 0.4) is 0 Å². The number of carboxylic acid groups (broad SMARTS) is 1. The van der Waals surface area contributed by atoms with Crippen LogP contribution in [0.5, 0.6) is 17.2 Å². The molecule has 0 atom stereocenters. The van der Waals surface area contributed by atoms with E-state index < -0.39 is 34.6 Å². The average Bonchev–Trinajstić information content (AvgIpc) is 2.57. The minimum absolute atomic E-state index is 0.0645. The lowest BCUT2D eigenvalue weighted by Crippen LogP contribution is -2.05. The highest BCUT2D eigenvalue weighted by Gasteiger charge is 2.25. The van der Waals surface area contributed by atoms with Crippen molar-refractivity contribution in [1.82, 2.24) is 0 Å². The summed E-state index contributed by atoms with van der Waals surface area (Å²) in [6, 6.07) is 7.79. The van der Waals surface area contributed by atoms with E-state index in [4.69, 9.17) is 19.8 Å². The van der Waals surface area contributed by atoms with E-state index in [9.17, 15) is 19.3 Å². The molecular weight excluding hydrogens is 335 g/mol. The van der Waals surface area contributed by atoms with Crippen LogP contribution in [0, 0.1) is 27.3 Å². The number of hydrogen-bond acceptors (Lipinski definition) is 6. The molecule has 0 aromatic heterocycles. The molecule has 0 radical (unpaired) electrons. The Morgan fingerprint density at radius 3 is 2.60 bits per heavy atom. The van der Waals surface area contributed by atoms with Gasteiger partial charge in [-0.1, -0.05) is 0 Å². The summed E-state index contributed by atoms with van der Waals surface area (Å²) < 4.78 is 24.8. The van der Waals surface area contributed by atoms with Crippen molar-refractivity contribution in [3.8, 4) is 23.3 Å². The molecule has 0 aliphatic rings. The van der Waals surface area contributed by atoms with E-state index in [1.54, 1.807) is 0 Å². The molecule has 0 aliphatic carbocycles. The summed E-state index contributed by atoms with van der Waals surface area (Å²) in [4.78, 5) is 21.0. The highest BCUT2D eigenvalue weighted by atomic mass is 19.1. The zero-order valence-corrected chi connectivity index (χ0v) is 12.9. The van der Waals surface area contributed by atoms with Crippen LogP contribution in [-0.4, -0.2) is 23.1 Å². The molecule has 0 saturated heterocycles. The number of benzene rings is 2. The van der Waals surface area contributed by atoms with Gasteiger partial charge in [0.1, 0.15) is 11.5 Å². The Bertz CT molecular complexity index is 891. The predicted octanol–water partition coefficient (Wildman–Crippen LogP) is 3.03. The van der Waals surface area contributed by atoms with Gasteiger partial charge in [0.2, 0.25) is 5.75 Å². The third-order valence-electron chi connectivity index (χ3n) is 3.16. The zero-order valence-electron chi connectivity index (χ0n) is 12.9. The van der Waals surface area contributed by atoms with Crippen molar-refractivity contribution in [2.45, 2.75) is 6.42 Å². The fraction of sp³-hybridized carbons (Fsp3) is 0.125. The van der Waals surface area contributed by atoms with Gasteiger partial charge in [-0.3, -0.25) is 14.9 Å². The molecule has 128 valence electrons. The fourth-order valence-electron chi connectivity index (χ4n) is 2.06. The van der Waals surface area contributed by atoms with E-state index >= 15 is 0 Å². The topological polar surface area (TPSA) is 123 Å². The maximum absolute atomic E-state index is 14.5. The normalized spacial score (nSPS) is 9.96. The van der Waals surface area contributed by atoms with Gasteiger partial charge in [0, 0.05) is 17.7 Å². The second-order valence-corrected chi connectivity index (χ2v) is 4.83. The van der Waals surface area contributed by atoms with E-state index in [2.05, 4.69) is 0 Å². The van der Waals surface area contributed by atoms with Crippen LogP contribution in [-0.2, 0) is 11.2 Å². The molecule has 1 N–H and O–H groups in total. The maximum Gasteiger partial charge on any atom is 0.314 e. The van der Waals surface area contributed by atoms with E-state index in [0.717, 1.165) is 12.1 Å². The molecule has 25 heavy (non-hydrogen) atoms. The Hall–Kier alpha value is -3.67. The molecule has 0 aliphatic heterocycles. The fourth-order valence-corrected chi connectivity index (χ4v) is 2.06. The lowest BCUT2D eigenvalue weighted by Gasteiger charge is -2.11. The van der Waals surface area contributed by atoms with Crippen LogP contribution in [0.15, 0.2) is 30.3 Å². The Morgan fingerprint density at radius 1 is 1.36 bits per heavy atom. The quantitative estimate of drug-likeness (QED) is 0.630. The van der Waals surface area contributed by atoms with Crippen molar-refractivity contribution >= 4 is 11.7 Å². The van der Waals surface area contributed by atoms with Gasteiger partial charge < -0.3 is 14.6 Å². The van der Waals surface area contributed by atoms with Crippen molar-refractivity contribution in [3.63, 3.8) is 0 Å². The molecular formula is C16H11FN2O6. The smallest absolute Gasteiger partial charge is 0.314 e. The number of ether oxygens (including phenoxy) is 2. The van der Waals surface area contributed by atoms with Gasteiger partial charge >= 0.3 is 11.7 Å². The van der Waals surface area contributed by atoms with E-state index in [1.165, 1.54) is 25.3 Å². The first-order chi connectivity index (χ1) is 11.8. The molecule has 0 bridgehead atoms. The van der Waals surface area contributed by atoms with Gasteiger partial charge in [-0.15, -0.1) is 0 Å². The third kappa shape index (κ3) is 4.00. The number of halogens is 1. The van der Waals surface area contributed by atoms with Crippen LogP contribution in [0.2, 0.25) is 0 Å². The monoisotopic (exact) mass is 346 g/mol. The van der Waals surface area contributed by atoms with Crippen molar-refractivity contribution in [3.05, 3.63) is 57.4 Å². The molecule has 0 saturated carbocycles. The molecule has 0 heterocycles. The van der Waals surface area contributed by atoms with Gasteiger partial charge in [0.15, 0.2) is 5.82 Å². The molecule has 2 rings (SSSR count). The number of hydrogen-bond donors (Lipinski definition) is 1.